The molecule has 1 N–H and O–H groups in total. The van der Waals surface area contributed by atoms with Crippen LogP contribution in [0.5, 0.6) is 0 Å². The summed E-state index contributed by atoms with van der Waals surface area (Å²) in [6.45, 7) is 8.00. The Morgan fingerprint density at radius 2 is 2.17 bits per heavy atom. The highest BCUT2D eigenvalue weighted by Crippen LogP contribution is 2.26. The number of rotatable bonds is 3. The zero-order valence-corrected chi connectivity index (χ0v) is 11.7. The van der Waals surface area contributed by atoms with Crippen LogP contribution in [0.25, 0.3) is 0 Å². The molecule has 1 aromatic heterocycles. The Kier molecular flexibility index (Phi) is 3.46. The van der Waals surface area contributed by atoms with Crippen molar-refractivity contribution in [3.63, 3.8) is 0 Å². The number of nitrogens with one attached hydrogen (secondary N) is 1. The van der Waals surface area contributed by atoms with Gasteiger partial charge in [-0.25, -0.2) is 4.98 Å². The number of hydrogen-bond acceptors (Lipinski definition) is 4. The molecule has 1 aromatic rings. The Morgan fingerprint density at radius 3 is 2.78 bits per heavy atom. The summed E-state index contributed by atoms with van der Waals surface area (Å²) in [6.07, 6.45) is 2.19. The molecule has 4 nitrogen and oxygen atoms in total. The van der Waals surface area contributed by atoms with Crippen molar-refractivity contribution in [1.29, 1.82) is 0 Å². The molecule has 3 aliphatic heterocycles. The summed E-state index contributed by atoms with van der Waals surface area (Å²) in [5.74, 6) is 1.07. The van der Waals surface area contributed by atoms with E-state index in [9.17, 15) is 0 Å². The van der Waals surface area contributed by atoms with E-state index in [-0.39, 0.29) is 0 Å². The van der Waals surface area contributed by atoms with Crippen molar-refractivity contribution in [1.82, 2.24) is 19.8 Å². The summed E-state index contributed by atoms with van der Waals surface area (Å²) in [5.41, 5.74) is 1.23. The molecular weight excluding hydrogens is 244 g/mol. The molecule has 0 aromatic carbocycles. The topological polar surface area (TPSA) is 35.2 Å². The summed E-state index contributed by atoms with van der Waals surface area (Å²) in [7, 11) is 0. The number of piperazine rings is 3. The van der Waals surface area contributed by atoms with E-state index in [0.717, 1.165) is 42.9 Å². The minimum absolute atomic E-state index is 0.408. The van der Waals surface area contributed by atoms with Crippen LogP contribution in [0.3, 0.4) is 0 Å². The fourth-order valence-electron chi connectivity index (χ4n) is 2.97. The summed E-state index contributed by atoms with van der Waals surface area (Å²) in [4.78, 5) is 13.1. The van der Waals surface area contributed by atoms with Crippen LogP contribution in [-0.4, -0.2) is 52.5 Å². The maximum atomic E-state index is 5.29. The highest BCUT2D eigenvalue weighted by atomic mass is 32.1. The van der Waals surface area contributed by atoms with Gasteiger partial charge in [0.05, 0.1) is 6.04 Å². The summed E-state index contributed by atoms with van der Waals surface area (Å²) in [6, 6.07) is 2.41. The van der Waals surface area contributed by atoms with Crippen molar-refractivity contribution in [3.8, 4) is 0 Å². The summed E-state index contributed by atoms with van der Waals surface area (Å²) in [5, 5.41) is 0. The largest absolute Gasteiger partial charge is 0.346 e. The van der Waals surface area contributed by atoms with Crippen LogP contribution in [0.15, 0.2) is 6.07 Å². The van der Waals surface area contributed by atoms with E-state index in [1.165, 1.54) is 18.8 Å². The smallest absolute Gasteiger partial charge is 0.130 e. The number of H-pyrrole nitrogens is 1. The summed E-state index contributed by atoms with van der Waals surface area (Å²) < 4.78 is 0.727. The molecule has 4 rings (SSSR count). The van der Waals surface area contributed by atoms with E-state index >= 15 is 0 Å². The van der Waals surface area contributed by atoms with E-state index in [1.807, 2.05) is 6.07 Å². The van der Waals surface area contributed by atoms with Gasteiger partial charge in [0.15, 0.2) is 0 Å². The Bertz CT molecular complexity index is 476. The third kappa shape index (κ3) is 2.35. The van der Waals surface area contributed by atoms with Gasteiger partial charge in [0.2, 0.25) is 0 Å². The van der Waals surface area contributed by atoms with Gasteiger partial charge in [-0.05, 0) is 12.5 Å². The number of fused-ring (bicyclic) bond motifs is 3. The Labute approximate surface area is 113 Å². The lowest BCUT2D eigenvalue weighted by Gasteiger charge is -2.46. The summed E-state index contributed by atoms with van der Waals surface area (Å²) >= 11 is 5.29. The lowest BCUT2D eigenvalue weighted by atomic mass is 10.1. The second-order valence-corrected chi connectivity index (χ2v) is 5.65. The second kappa shape index (κ2) is 5.07. The van der Waals surface area contributed by atoms with Gasteiger partial charge in [-0.2, -0.15) is 0 Å². The predicted octanol–water partition coefficient (Wildman–Crippen LogP) is 1.76. The van der Waals surface area contributed by atoms with Crippen molar-refractivity contribution in [2.75, 3.05) is 32.7 Å². The normalized spacial score (nSPS) is 30.6. The predicted molar refractivity (Wildman–Crippen MR) is 74.2 cm³/mol. The van der Waals surface area contributed by atoms with Crippen LogP contribution < -0.4 is 0 Å². The molecule has 3 fully saturated rings. The Morgan fingerprint density at radius 1 is 1.39 bits per heavy atom. The van der Waals surface area contributed by atoms with Crippen LogP contribution in [0.2, 0.25) is 0 Å². The first-order valence-corrected chi connectivity index (χ1v) is 7.23. The quantitative estimate of drug-likeness (QED) is 0.844. The zero-order chi connectivity index (χ0) is 12.5. The number of nitrogens with zero attached hydrogens (tertiary/aromatic N) is 3. The van der Waals surface area contributed by atoms with Gasteiger partial charge in [-0.3, -0.25) is 9.80 Å². The molecule has 1 atom stereocenters. The molecule has 3 aliphatic rings. The Balaban J connectivity index is 1.89. The molecule has 0 spiro atoms. The molecule has 5 heteroatoms. The van der Waals surface area contributed by atoms with E-state index in [4.69, 9.17) is 12.2 Å². The van der Waals surface area contributed by atoms with Crippen molar-refractivity contribution in [3.05, 3.63) is 22.2 Å². The first-order valence-electron chi connectivity index (χ1n) is 6.83. The molecule has 1 unspecified atom stereocenters. The van der Waals surface area contributed by atoms with Gasteiger partial charge in [-0.1, -0.05) is 25.6 Å². The van der Waals surface area contributed by atoms with E-state index in [0.29, 0.717) is 6.04 Å². The molecule has 0 radical (unpaired) electrons. The third-order valence-corrected chi connectivity index (χ3v) is 4.14. The van der Waals surface area contributed by atoms with Crippen molar-refractivity contribution in [2.45, 2.75) is 25.8 Å². The molecule has 2 bridgehead atoms. The third-order valence-electron chi connectivity index (χ3n) is 3.93. The SMILES string of the molecule is CCCc1cc(=S)nc(C2CN3CCN2CC3)[nH]1. The van der Waals surface area contributed by atoms with Gasteiger partial charge < -0.3 is 4.98 Å². The maximum Gasteiger partial charge on any atom is 0.130 e. The van der Waals surface area contributed by atoms with Gasteiger partial charge >= 0.3 is 0 Å². The average Bonchev–Trinajstić information content (AvgIpc) is 2.40. The highest BCUT2D eigenvalue weighted by molar-refractivity contribution is 7.71. The lowest BCUT2D eigenvalue weighted by molar-refractivity contribution is 0.00851. The molecule has 18 heavy (non-hydrogen) atoms. The van der Waals surface area contributed by atoms with E-state index in [2.05, 4.69) is 26.7 Å². The molecule has 0 aliphatic carbocycles. The van der Waals surface area contributed by atoms with Crippen LogP contribution in [0.1, 0.15) is 30.9 Å². The van der Waals surface area contributed by atoms with Gasteiger partial charge in [0.1, 0.15) is 10.5 Å². The second-order valence-electron chi connectivity index (χ2n) is 5.23. The zero-order valence-electron chi connectivity index (χ0n) is 10.9. The highest BCUT2D eigenvalue weighted by Gasteiger charge is 2.34. The molecular formula is C13H20N4S. The molecule has 0 saturated carbocycles. The number of aromatic nitrogens is 2. The van der Waals surface area contributed by atoms with E-state index in [1.54, 1.807) is 0 Å². The molecule has 4 heterocycles. The number of aryl methyl sites for hydroxylation is 1. The van der Waals surface area contributed by atoms with Gasteiger partial charge in [-0.15, -0.1) is 0 Å². The Hall–Kier alpha value is -0.780. The minimum Gasteiger partial charge on any atom is -0.346 e. The number of hydrogen-bond donors (Lipinski definition) is 1. The van der Waals surface area contributed by atoms with Gasteiger partial charge in [0, 0.05) is 38.4 Å². The maximum absolute atomic E-state index is 5.29. The monoisotopic (exact) mass is 264 g/mol. The first-order chi connectivity index (χ1) is 8.76. The fraction of sp³-hybridized carbons (Fsp3) is 0.692. The van der Waals surface area contributed by atoms with E-state index < -0.39 is 0 Å². The molecule has 0 amide bonds. The van der Waals surface area contributed by atoms with Crippen molar-refractivity contribution >= 4 is 12.2 Å². The van der Waals surface area contributed by atoms with Crippen molar-refractivity contribution in [2.24, 2.45) is 0 Å². The standard InChI is InChI=1S/C13H20N4S/c1-2-3-10-8-12(18)15-13(14-10)11-9-16-4-6-17(11)7-5-16/h8,11H,2-7,9H2,1H3,(H,14,15,18). The average molecular weight is 264 g/mol. The van der Waals surface area contributed by atoms with Crippen molar-refractivity contribution < 1.29 is 0 Å². The van der Waals surface area contributed by atoms with Crippen LogP contribution in [-0.2, 0) is 6.42 Å². The first kappa shape index (κ1) is 12.3. The number of aromatic amines is 1. The lowest BCUT2D eigenvalue weighted by Crippen LogP contribution is -2.57. The minimum atomic E-state index is 0.408. The van der Waals surface area contributed by atoms with Crippen LogP contribution in [0, 0.1) is 4.64 Å². The fourth-order valence-corrected chi connectivity index (χ4v) is 3.21. The van der Waals surface area contributed by atoms with Crippen LogP contribution in [0.4, 0.5) is 0 Å². The van der Waals surface area contributed by atoms with Crippen LogP contribution >= 0.6 is 12.2 Å². The van der Waals surface area contributed by atoms with Gasteiger partial charge in [0.25, 0.3) is 0 Å². The molecule has 98 valence electrons. The molecule has 3 saturated heterocycles.